The van der Waals surface area contributed by atoms with Gasteiger partial charge in [-0.2, -0.15) is 9.29 Å². The van der Waals surface area contributed by atoms with Gasteiger partial charge in [-0.15, -0.1) is 11.3 Å². The molecule has 164 valence electrons. The van der Waals surface area contributed by atoms with E-state index in [-0.39, 0.29) is 29.1 Å². The zero-order chi connectivity index (χ0) is 22.0. The van der Waals surface area contributed by atoms with Crippen molar-refractivity contribution < 1.29 is 17.7 Å². The Hall–Kier alpha value is -2.63. The zero-order valence-corrected chi connectivity index (χ0v) is 18.9. The quantitative estimate of drug-likeness (QED) is 0.599. The van der Waals surface area contributed by atoms with E-state index in [0.29, 0.717) is 42.4 Å². The second-order valence-electron chi connectivity index (χ2n) is 7.41. The second-order valence-corrected chi connectivity index (χ2v) is 10.5. The van der Waals surface area contributed by atoms with Crippen molar-refractivity contribution in [1.82, 2.24) is 19.4 Å². The second kappa shape index (κ2) is 8.85. The number of carbonyl (C=O) groups is 1. The van der Waals surface area contributed by atoms with Gasteiger partial charge in [0.15, 0.2) is 0 Å². The molecule has 4 rings (SSSR count). The van der Waals surface area contributed by atoms with Crippen LogP contribution in [0.2, 0.25) is 0 Å². The molecule has 0 spiro atoms. The van der Waals surface area contributed by atoms with Crippen LogP contribution < -0.4 is 5.32 Å². The van der Waals surface area contributed by atoms with Crippen molar-refractivity contribution >= 4 is 33.1 Å². The molecule has 9 nitrogen and oxygen atoms in total. The fourth-order valence-corrected chi connectivity index (χ4v) is 6.18. The molecule has 0 atom stereocenters. The standard InChI is InChI=1S/C20H23N5O4S2/c1-3-17-23-19(24-29-17)15-11-18(30-12-15)31(27,28)25-8-5-14(6-9-25)20(26)22-16-10-13(2)4-7-21-16/h4,7,10-12,14H,3,5-6,8-9H2,1-2H3,(H,21,22,26). The monoisotopic (exact) mass is 461 g/mol. The van der Waals surface area contributed by atoms with E-state index in [1.807, 2.05) is 19.9 Å². The minimum Gasteiger partial charge on any atom is -0.339 e. The van der Waals surface area contributed by atoms with Crippen LogP contribution in [0.4, 0.5) is 5.82 Å². The summed E-state index contributed by atoms with van der Waals surface area (Å²) >= 11 is 1.13. The van der Waals surface area contributed by atoms with Gasteiger partial charge < -0.3 is 9.84 Å². The number of piperidine rings is 1. The van der Waals surface area contributed by atoms with Crippen molar-refractivity contribution in [3.8, 4) is 11.4 Å². The maximum Gasteiger partial charge on any atom is 0.252 e. The zero-order valence-electron chi connectivity index (χ0n) is 17.2. The van der Waals surface area contributed by atoms with Crippen LogP contribution in [0.1, 0.15) is 31.2 Å². The van der Waals surface area contributed by atoms with Gasteiger partial charge in [-0.3, -0.25) is 4.79 Å². The van der Waals surface area contributed by atoms with Crippen molar-refractivity contribution in [1.29, 1.82) is 0 Å². The first kappa shape index (κ1) is 21.6. The van der Waals surface area contributed by atoms with Gasteiger partial charge in [-0.1, -0.05) is 12.1 Å². The van der Waals surface area contributed by atoms with Crippen molar-refractivity contribution in [2.24, 2.45) is 5.92 Å². The average Bonchev–Trinajstić information content (AvgIpc) is 3.43. The molecule has 11 heteroatoms. The van der Waals surface area contributed by atoms with Gasteiger partial charge in [0.25, 0.3) is 10.0 Å². The molecule has 0 aromatic carbocycles. The van der Waals surface area contributed by atoms with Crippen LogP contribution in [-0.2, 0) is 21.2 Å². The van der Waals surface area contributed by atoms with E-state index in [1.54, 1.807) is 23.7 Å². The number of sulfonamides is 1. The molecule has 0 aliphatic carbocycles. The van der Waals surface area contributed by atoms with Crippen LogP contribution in [0.25, 0.3) is 11.4 Å². The minimum absolute atomic E-state index is 0.127. The molecular formula is C20H23N5O4S2. The van der Waals surface area contributed by atoms with Crippen molar-refractivity contribution in [2.45, 2.75) is 37.3 Å². The van der Waals surface area contributed by atoms with E-state index in [2.05, 4.69) is 20.4 Å². The summed E-state index contributed by atoms with van der Waals surface area (Å²) in [5.74, 6) is 1.03. The third-order valence-electron chi connectivity index (χ3n) is 5.19. The Morgan fingerprint density at radius 1 is 1.32 bits per heavy atom. The summed E-state index contributed by atoms with van der Waals surface area (Å²) in [7, 11) is -3.64. The topological polar surface area (TPSA) is 118 Å². The van der Waals surface area contributed by atoms with Crippen molar-refractivity contribution in [3.63, 3.8) is 0 Å². The number of anilines is 1. The van der Waals surface area contributed by atoms with Crippen LogP contribution >= 0.6 is 11.3 Å². The molecule has 31 heavy (non-hydrogen) atoms. The van der Waals surface area contributed by atoms with Crippen molar-refractivity contribution in [3.05, 3.63) is 41.2 Å². The van der Waals surface area contributed by atoms with E-state index in [1.165, 1.54) is 4.31 Å². The third-order valence-corrected chi connectivity index (χ3v) is 8.50. The summed E-state index contributed by atoms with van der Waals surface area (Å²) in [5.41, 5.74) is 1.63. The molecule has 1 amide bonds. The van der Waals surface area contributed by atoms with Gasteiger partial charge in [0.2, 0.25) is 17.6 Å². The highest BCUT2D eigenvalue weighted by atomic mass is 32.2. The number of hydrogen-bond donors (Lipinski definition) is 1. The Labute approximate surface area is 184 Å². The number of amides is 1. The van der Waals surface area contributed by atoms with E-state index in [0.717, 1.165) is 16.9 Å². The smallest absolute Gasteiger partial charge is 0.252 e. The lowest BCUT2D eigenvalue weighted by Crippen LogP contribution is -2.41. The summed E-state index contributed by atoms with van der Waals surface area (Å²) in [4.78, 5) is 20.9. The number of rotatable bonds is 6. The first-order chi connectivity index (χ1) is 14.9. The fourth-order valence-electron chi connectivity index (χ4n) is 3.40. The van der Waals surface area contributed by atoms with Crippen molar-refractivity contribution in [2.75, 3.05) is 18.4 Å². The first-order valence-electron chi connectivity index (χ1n) is 10.0. The number of hydrogen-bond acceptors (Lipinski definition) is 8. The highest BCUT2D eigenvalue weighted by molar-refractivity contribution is 7.91. The Kier molecular flexibility index (Phi) is 6.17. The van der Waals surface area contributed by atoms with Crippen LogP contribution in [-0.4, -0.2) is 46.8 Å². The third kappa shape index (κ3) is 4.68. The Morgan fingerprint density at radius 3 is 2.77 bits per heavy atom. The number of carbonyl (C=O) groups excluding carboxylic acids is 1. The number of aromatic nitrogens is 3. The van der Waals surface area contributed by atoms with E-state index in [9.17, 15) is 13.2 Å². The van der Waals surface area contributed by atoms with Crippen LogP contribution in [0.15, 0.2) is 38.5 Å². The summed E-state index contributed by atoms with van der Waals surface area (Å²) < 4.78 is 32.9. The molecule has 1 aliphatic heterocycles. The minimum atomic E-state index is -3.64. The van der Waals surface area contributed by atoms with E-state index < -0.39 is 10.0 Å². The molecule has 1 aliphatic rings. The molecule has 0 bridgehead atoms. The largest absolute Gasteiger partial charge is 0.339 e. The van der Waals surface area contributed by atoms with E-state index in [4.69, 9.17) is 4.52 Å². The van der Waals surface area contributed by atoms with Gasteiger partial charge in [0.05, 0.1) is 0 Å². The number of aryl methyl sites for hydroxylation is 2. The maximum absolute atomic E-state index is 13.1. The molecule has 1 N–H and O–H groups in total. The Balaban J connectivity index is 1.39. The molecular weight excluding hydrogens is 438 g/mol. The van der Waals surface area contributed by atoms with Crippen LogP contribution in [0.3, 0.4) is 0 Å². The summed E-state index contributed by atoms with van der Waals surface area (Å²) in [6.45, 7) is 4.41. The molecule has 3 aromatic rings. The molecule has 4 heterocycles. The van der Waals surface area contributed by atoms with Gasteiger partial charge in [-0.25, -0.2) is 13.4 Å². The van der Waals surface area contributed by atoms with Gasteiger partial charge in [0, 0.05) is 42.6 Å². The number of pyridine rings is 1. The fraction of sp³-hybridized carbons (Fsp3) is 0.400. The molecule has 1 fully saturated rings. The van der Waals surface area contributed by atoms with Gasteiger partial charge in [-0.05, 0) is 43.5 Å². The predicted octanol–water partition coefficient (Wildman–Crippen LogP) is 3.10. The first-order valence-corrected chi connectivity index (χ1v) is 12.3. The lowest BCUT2D eigenvalue weighted by molar-refractivity contribution is -0.120. The van der Waals surface area contributed by atoms with E-state index >= 15 is 0 Å². The lowest BCUT2D eigenvalue weighted by Gasteiger charge is -2.30. The number of thiophene rings is 1. The Morgan fingerprint density at radius 2 is 2.10 bits per heavy atom. The SMILES string of the molecule is CCc1nc(-c2csc(S(=O)(=O)N3CCC(C(=O)Nc4cc(C)ccn4)CC3)c2)no1. The summed E-state index contributed by atoms with van der Waals surface area (Å²) in [6.07, 6.45) is 3.18. The van der Waals surface area contributed by atoms with Gasteiger partial charge in [0.1, 0.15) is 10.0 Å². The molecule has 0 saturated carbocycles. The molecule has 0 radical (unpaired) electrons. The number of nitrogens with one attached hydrogen (secondary N) is 1. The normalized spacial score (nSPS) is 15.8. The molecule has 0 unspecified atom stereocenters. The predicted molar refractivity (Wildman–Crippen MR) is 116 cm³/mol. The molecule has 3 aromatic heterocycles. The van der Waals surface area contributed by atoms with Gasteiger partial charge >= 0.3 is 0 Å². The lowest BCUT2D eigenvalue weighted by atomic mass is 9.97. The summed E-state index contributed by atoms with van der Waals surface area (Å²) in [5, 5.41) is 8.44. The highest BCUT2D eigenvalue weighted by Crippen LogP contribution is 2.31. The highest BCUT2D eigenvalue weighted by Gasteiger charge is 2.33. The van der Waals surface area contributed by atoms with Crippen LogP contribution in [0.5, 0.6) is 0 Å². The summed E-state index contributed by atoms with van der Waals surface area (Å²) in [6, 6.07) is 5.24. The average molecular weight is 462 g/mol. The number of nitrogens with zero attached hydrogens (tertiary/aromatic N) is 4. The Bertz CT molecular complexity index is 1180. The molecule has 1 saturated heterocycles. The maximum atomic E-state index is 13.1. The van der Waals surface area contributed by atoms with Crippen LogP contribution in [0, 0.1) is 12.8 Å².